The Morgan fingerprint density at radius 1 is 1.53 bits per heavy atom. The second kappa shape index (κ2) is 5.95. The lowest BCUT2D eigenvalue weighted by atomic mass is 10.4. The van der Waals surface area contributed by atoms with Crippen LogP contribution >= 0.6 is 43.2 Å². The highest BCUT2D eigenvalue weighted by Crippen LogP contribution is 2.15. The maximum absolute atomic E-state index is 11.9. The highest BCUT2D eigenvalue weighted by Gasteiger charge is 2.11. The Morgan fingerprint density at radius 2 is 2.26 bits per heavy atom. The minimum absolute atomic E-state index is 0.166. The Labute approximate surface area is 128 Å². The summed E-state index contributed by atoms with van der Waals surface area (Å²) in [5, 5.41) is 1.98. The number of hydrazine groups is 1. The van der Waals surface area contributed by atoms with Crippen molar-refractivity contribution in [1.29, 1.82) is 0 Å². The molecule has 0 atom stereocenters. The quantitative estimate of drug-likeness (QED) is 0.458. The third kappa shape index (κ3) is 3.30. The fourth-order valence-corrected chi connectivity index (χ4v) is 3.37. The number of nitrogens with one attached hydrogen (secondary N) is 1. The van der Waals surface area contributed by atoms with Crippen molar-refractivity contribution in [3.05, 3.63) is 47.6 Å². The van der Waals surface area contributed by atoms with Crippen LogP contribution in [0.25, 0.3) is 0 Å². The Balaban J connectivity index is 2.29. The van der Waals surface area contributed by atoms with Gasteiger partial charge in [-0.1, -0.05) is 0 Å². The van der Waals surface area contributed by atoms with Gasteiger partial charge in [-0.25, -0.2) is 10.8 Å². The van der Waals surface area contributed by atoms with Gasteiger partial charge in [-0.2, -0.15) is 0 Å². The molecule has 1 amide bonds. The lowest BCUT2D eigenvalue weighted by Crippen LogP contribution is -2.30. The topological polar surface area (TPSA) is 90.0 Å². The van der Waals surface area contributed by atoms with Crippen molar-refractivity contribution in [3.8, 4) is 0 Å². The van der Waals surface area contributed by atoms with Crippen molar-refractivity contribution in [2.75, 3.05) is 0 Å². The summed E-state index contributed by atoms with van der Waals surface area (Å²) in [6.45, 7) is 0.283. The minimum Gasteiger partial charge on any atom is -0.307 e. The SMILES string of the molecule is NNC(=O)c1nc(Cn2cc(Br)cc(Br)c2=O)cs1. The van der Waals surface area contributed by atoms with E-state index in [0.717, 1.165) is 4.47 Å². The zero-order valence-electron chi connectivity index (χ0n) is 9.39. The fourth-order valence-electron chi connectivity index (χ4n) is 1.40. The summed E-state index contributed by atoms with van der Waals surface area (Å²) < 4.78 is 2.72. The molecule has 19 heavy (non-hydrogen) atoms. The van der Waals surface area contributed by atoms with Gasteiger partial charge in [-0.15, -0.1) is 11.3 Å². The molecular formula is C10H8Br2N4O2S. The first-order valence-corrected chi connectivity index (χ1v) is 7.48. The first-order chi connectivity index (χ1) is 9.01. The van der Waals surface area contributed by atoms with Gasteiger partial charge in [0.05, 0.1) is 16.7 Å². The predicted molar refractivity (Wildman–Crippen MR) is 79.0 cm³/mol. The maximum Gasteiger partial charge on any atom is 0.294 e. The second-order valence-corrected chi connectivity index (χ2v) is 6.18. The molecule has 2 heterocycles. The van der Waals surface area contributed by atoms with Gasteiger partial charge in [0, 0.05) is 16.0 Å². The smallest absolute Gasteiger partial charge is 0.294 e. The summed E-state index contributed by atoms with van der Waals surface area (Å²) in [5.74, 6) is 4.58. The Morgan fingerprint density at radius 3 is 2.95 bits per heavy atom. The molecule has 0 aliphatic carbocycles. The standard InChI is InChI=1S/C10H8Br2N4O2S/c11-5-1-7(12)10(18)16(2-5)3-6-4-19-9(14-6)8(17)15-13/h1-2,4H,3,13H2,(H,15,17). The summed E-state index contributed by atoms with van der Waals surface area (Å²) in [6.07, 6.45) is 1.66. The number of carbonyl (C=O) groups is 1. The van der Waals surface area contributed by atoms with Gasteiger partial charge >= 0.3 is 0 Å². The third-order valence-electron chi connectivity index (χ3n) is 2.22. The summed E-state index contributed by atoms with van der Waals surface area (Å²) in [7, 11) is 0. The van der Waals surface area contributed by atoms with Crippen LogP contribution in [0.3, 0.4) is 0 Å². The summed E-state index contributed by atoms with van der Waals surface area (Å²) in [4.78, 5) is 27.3. The molecule has 0 bridgehead atoms. The Hall–Kier alpha value is -1.03. The number of amides is 1. The van der Waals surface area contributed by atoms with Gasteiger partial charge in [0.1, 0.15) is 0 Å². The van der Waals surface area contributed by atoms with E-state index in [0.29, 0.717) is 10.2 Å². The third-order valence-corrected chi connectivity index (χ3v) is 4.11. The van der Waals surface area contributed by atoms with E-state index in [1.165, 1.54) is 15.9 Å². The Kier molecular flexibility index (Phi) is 4.50. The van der Waals surface area contributed by atoms with Crippen molar-refractivity contribution in [3.63, 3.8) is 0 Å². The zero-order chi connectivity index (χ0) is 14.0. The highest BCUT2D eigenvalue weighted by molar-refractivity contribution is 9.11. The normalized spacial score (nSPS) is 10.5. The molecular weight excluding hydrogens is 400 g/mol. The van der Waals surface area contributed by atoms with E-state index in [1.807, 2.05) is 5.43 Å². The molecule has 0 saturated heterocycles. The van der Waals surface area contributed by atoms with Crippen LogP contribution in [0.5, 0.6) is 0 Å². The van der Waals surface area contributed by atoms with Crippen molar-refractivity contribution in [1.82, 2.24) is 15.0 Å². The zero-order valence-corrected chi connectivity index (χ0v) is 13.4. The number of nitrogens with zero attached hydrogens (tertiary/aromatic N) is 2. The van der Waals surface area contributed by atoms with Crippen LogP contribution in [0, 0.1) is 0 Å². The van der Waals surface area contributed by atoms with Gasteiger partial charge in [-0.05, 0) is 37.9 Å². The van der Waals surface area contributed by atoms with Crippen molar-refractivity contribution in [2.45, 2.75) is 6.54 Å². The second-order valence-electron chi connectivity index (χ2n) is 3.56. The molecule has 0 unspecified atom stereocenters. The highest BCUT2D eigenvalue weighted by atomic mass is 79.9. The molecule has 2 aromatic heterocycles. The molecule has 0 saturated carbocycles. The van der Waals surface area contributed by atoms with Crippen LogP contribution in [0.2, 0.25) is 0 Å². The van der Waals surface area contributed by atoms with E-state index in [1.54, 1.807) is 17.6 Å². The number of hydrogen-bond donors (Lipinski definition) is 2. The van der Waals surface area contributed by atoms with Crippen LogP contribution in [-0.4, -0.2) is 15.5 Å². The summed E-state index contributed by atoms with van der Waals surface area (Å²) in [5.41, 5.74) is 2.47. The van der Waals surface area contributed by atoms with Gasteiger partial charge in [0.2, 0.25) is 0 Å². The van der Waals surface area contributed by atoms with Crippen LogP contribution in [0.1, 0.15) is 15.5 Å². The maximum atomic E-state index is 11.9. The van der Waals surface area contributed by atoms with E-state index in [9.17, 15) is 9.59 Å². The molecule has 3 N–H and O–H groups in total. The lowest BCUT2D eigenvalue weighted by molar-refractivity contribution is 0.0953. The molecule has 9 heteroatoms. The number of nitrogens with two attached hydrogens (primary N) is 1. The van der Waals surface area contributed by atoms with Crippen molar-refractivity contribution < 1.29 is 4.79 Å². The van der Waals surface area contributed by atoms with Crippen LogP contribution in [-0.2, 0) is 6.54 Å². The Bertz CT molecular complexity index is 682. The van der Waals surface area contributed by atoms with E-state index in [2.05, 4.69) is 36.8 Å². The van der Waals surface area contributed by atoms with E-state index in [-0.39, 0.29) is 17.1 Å². The van der Waals surface area contributed by atoms with Gasteiger partial charge in [0.15, 0.2) is 5.01 Å². The fraction of sp³-hybridized carbons (Fsp3) is 0.100. The van der Waals surface area contributed by atoms with E-state index in [4.69, 9.17) is 5.84 Å². The monoisotopic (exact) mass is 406 g/mol. The van der Waals surface area contributed by atoms with Crippen LogP contribution in [0.15, 0.2) is 31.4 Å². The number of pyridine rings is 1. The van der Waals surface area contributed by atoms with Gasteiger partial charge in [-0.3, -0.25) is 15.0 Å². The first-order valence-electron chi connectivity index (χ1n) is 5.02. The number of aromatic nitrogens is 2. The minimum atomic E-state index is -0.445. The molecule has 2 rings (SSSR count). The number of rotatable bonds is 3. The molecule has 0 spiro atoms. The predicted octanol–water partition coefficient (Wildman–Crippen LogP) is 1.48. The summed E-state index contributed by atoms with van der Waals surface area (Å²) in [6, 6.07) is 1.67. The molecule has 0 aromatic carbocycles. The number of hydrogen-bond acceptors (Lipinski definition) is 5. The van der Waals surface area contributed by atoms with E-state index < -0.39 is 5.91 Å². The van der Waals surface area contributed by atoms with Crippen LogP contribution in [0.4, 0.5) is 0 Å². The number of nitrogen functional groups attached to an aromatic ring is 1. The lowest BCUT2D eigenvalue weighted by Gasteiger charge is -2.04. The van der Waals surface area contributed by atoms with E-state index >= 15 is 0 Å². The number of carbonyl (C=O) groups excluding carboxylic acids is 1. The molecule has 6 nitrogen and oxygen atoms in total. The number of halogens is 2. The van der Waals surface area contributed by atoms with Gasteiger partial charge in [0.25, 0.3) is 11.5 Å². The molecule has 100 valence electrons. The molecule has 0 aliphatic rings. The van der Waals surface area contributed by atoms with Gasteiger partial charge < -0.3 is 4.57 Å². The molecule has 2 aromatic rings. The first kappa shape index (κ1) is 14.4. The molecule has 0 aliphatic heterocycles. The average molecular weight is 408 g/mol. The van der Waals surface area contributed by atoms with Crippen molar-refractivity contribution >= 4 is 49.1 Å². The summed E-state index contributed by atoms with van der Waals surface area (Å²) >= 11 is 7.67. The molecule has 0 fully saturated rings. The number of thiazole rings is 1. The largest absolute Gasteiger partial charge is 0.307 e. The average Bonchev–Trinajstić information content (AvgIpc) is 2.83. The van der Waals surface area contributed by atoms with Crippen LogP contribution < -0.4 is 16.8 Å². The molecule has 0 radical (unpaired) electrons. The van der Waals surface area contributed by atoms with Crippen molar-refractivity contribution in [2.24, 2.45) is 5.84 Å².